The Bertz CT molecular complexity index is 252. The monoisotopic (exact) mass is 207 g/mol. The minimum Gasteiger partial charge on any atom is -0.314 e. The van der Waals surface area contributed by atoms with Crippen molar-refractivity contribution in [1.82, 2.24) is 14.3 Å². The molecule has 0 aromatic carbocycles. The fourth-order valence-electron chi connectivity index (χ4n) is 1.44. The van der Waals surface area contributed by atoms with Crippen LogP contribution >= 0.6 is 0 Å². The molecule has 1 saturated heterocycles. The second kappa shape index (κ2) is 4.36. The summed E-state index contributed by atoms with van der Waals surface area (Å²) in [6, 6.07) is 0.0396. The predicted octanol–water partition coefficient (Wildman–Crippen LogP) is -0.866. The van der Waals surface area contributed by atoms with E-state index in [1.165, 1.54) is 4.31 Å². The molecule has 1 fully saturated rings. The second-order valence-electron chi connectivity index (χ2n) is 3.17. The van der Waals surface area contributed by atoms with Gasteiger partial charge in [-0.05, 0) is 6.92 Å². The first-order valence-corrected chi connectivity index (χ1v) is 5.99. The van der Waals surface area contributed by atoms with Gasteiger partial charge >= 0.3 is 0 Å². The maximum Gasteiger partial charge on any atom is 0.279 e. The van der Waals surface area contributed by atoms with Gasteiger partial charge in [-0.15, -0.1) is 0 Å². The minimum absolute atomic E-state index is 0.0396. The predicted molar refractivity (Wildman–Crippen MR) is 51.6 cm³/mol. The highest BCUT2D eigenvalue weighted by atomic mass is 32.2. The van der Waals surface area contributed by atoms with E-state index in [0.29, 0.717) is 13.1 Å². The molecular weight excluding hydrogens is 190 g/mol. The van der Waals surface area contributed by atoms with Crippen LogP contribution in [0.5, 0.6) is 0 Å². The molecule has 1 aliphatic rings. The van der Waals surface area contributed by atoms with Crippen molar-refractivity contribution < 1.29 is 8.42 Å². The Balaban J connectivity index is 2.68. The lowest BCUT2D eigenvalue weighted by Gasteiger charge is -2.32. The van der Waals surface area contributed by atoms with Gasteiger partial charge in [0.25, 0.3) is 10.2 Å². The summed E-state index contributed by atoms with van der Waals surface area (Å²) in [5.74, 6) is 0. The first-order valence-electron chi connectivity index (χ1n) is 4.55. The van der Waals surface area contributed by atoms with Crippen molar-refractivity contribution in [3.63, 3.8) is 0 Å². The van der Waals surface area contributed by atoms with Gasteiger partial charge in [0, 0.05) is 32.2 Å². The van der Waals surface area contributed by atoms with E-state index >= 15 is 0 Å². The molecule has 0 spiro atoms. The number of hydrogen-bond acceptors (Lipinski definition) is 3. The van der Waals surface area contributed by atoms with Gasteiger partial charge in [-0.3, -0.25) is 0 Å². The number of hydrogen-bond donors (Lipinski definition) is 2. The van der Waals surface area contributed by atoms with Gasteiger partial charge in [0.1, 0.15) is 0 Å². The number of rotatable bonds is 3. The van der Waals surface area contributed by atoms with Crippen molar-refractivity contribution >= 4 is 10.2 Å². The summed E-state index contributed by atoms with van der Waals surface area (Å²) in [6.07, 6.45) is 0. The van der Waals surface area contributed by atoms with Crippen LogP contribution in [0.4, 0.5) is 0 Å². The summed E-state index contributed by atoms with van der Waals surface area (Å²) in [7, 11) is -3.24. The number of nitrogens with one attached hydrogen (secondary N) is 2. The summed E-state index contributed by atoms with van der Waals surface area (Å²) in [5, 5.41) is 3.14. The van der Waals surface area contributed by atoms with Crippen LogP contribution in [0.2, 0.25) is 0 Å². The largest absolute Gasteiger partial charge is 0.314 e. The molecule has 2 N–H and O–H groups in total. The summed E-state index contributed by atoms with van der Waals surface area (Å²) in [5.41, 5.74) is 0. The molecule has 0 aromatic rings. The molecule has 6 heteroatoms. The minimum atomic E-state index is -3.24. The van der Waals surface area contributed by atoms with Crippen LogP contribution in [0.3, 0.4) is 0 Å². The summed E-state index contributed by atoms with van der Waals surface area (Å²) < 4.78 is 27.2. The zero-order valence-electron chi connectivity index (χ0n) is 8.08. The molecule has 78 valence electrons. The van der Waals surface area contributed by atoms with Crippen molar-refractivity contribution in [2.75, 3.05) is 26.2 Å². The average Bonchev–Trinajstić information content (AvgIpc) is 2.04. The number of piperazine rings is 1. The highest BCUT2D eigenvalue weighted by Gasteiger charge is 2.28. The molecule has 0 saturated carbocycles. The Kier molecular flexibility index (Phi) is 3.66. The summed E-state index contributed by atoms with van der Waals surface area (Å²) in [4.78, 5) is 0. The smallest absolute Gasteiger partial charge is 0.279 e. The lowest BCUT2D eigenvalue weighted by Crippen LogP contribution is -2.55. The second-order valence-corrected chi connectivity index (χ2v) is 4.87. The van der Waals surface area contributed by atoms with Gasteiger partial charge in [0.05, 0.1) is 0 Å². The van der Waals surface area contributed by atoms with E-state index in [1.807, 2.05) is 6.92 Å². The highest BCUT2D eigenvalue weighted by molar-refractivity contribution is 7.87. The molecule has 0 radical (unpaired) electrons. The van der Waals surface area contributed by atoms with Gasteiger partial charge in [0.2, 0.25) is 0 Å². The molecule has 0 unspecified atom stereocenters. The molecule has 0 amide bonds. The molecule has 1 rings (SSSR count). The van der Waals surface area contributed by atoms with Crippen LogP contribution < -0.4 is 10.0 Å². The van der Waals surface area contributed by atoms with E-state index in [4.69, 9.17) is 0 Å². The van der Waals surface area contributed by atoms with E-state index in [2.05, 4.69) is 10.0 Å². The van der Waals surface area contributed by atoms with E-state index < -0.39 is 10.2 Å². The number of nitrogens with zero attached hydrogens (tertiary/aromatic N) is 1. The van der Waals surface area contributed by atoms with E-state index in [-0.39, 0.29) is 6.04 Å². The third kappa shape index (κ3) is 2.63. The lowest BCUT2D eigenvalue weighted by molar-refractivity contribution is 0.280. The molecule has 1 heterocycles. The van der Waals surface area contributed by atoms with E-state index in [9.17, 15) is 8.42 Å². The fourth-order valence-corrected chi connectivity index (χ4v) is 2.86. The molecule has 1 aliphatic heterocycles. The first-order chi connectivity index (χ1) is 6.08. The Hall–Kier alpha value is -0.170. The topological polar surface area (TPSA) is 61.4 Å². The average molecular weight is 207 g/mol. The zero-order chi connectivity index (χ0) is 9.90. The standard InChI is InChI=1S/C7H17N3O2S/c1-3-9-13(11,12)10-5-4-8-6-7(10)2/h7-9H,3-6H2,1-2H3/t7-/m1/s1. The Morgan fingerprint density at radius 2 is 2.31 bits per heavy atom. The maximum absolute atomic E-state index is 11.6. The van der Waals surface area contributed by atoms with Gasteiger partial charge in [0.15, 0.2) is 0 Å². The van der Waals surface area contributed by atoms with Crippen LogP contribution in [-0.4, -0.2) is 44.9 Å². The molecule has 5 nitrogen and oxygen atoms in total. The third-order valence-electron chi connectivity index (χ3n) is 2.08. The fraction of sp³-hybridized carbons (Fsp3) is 1.00. The lowest BCUT2D eigenvalue weighted by atomic mass is 10.3. The quantitative estimate of drug-likeness (QED) is 0.633. The maximum atomic E-state index is 11.6. The van der Waals surface area contributed by atoms with Crippen LogP contribution in [-0.2, 0) is 10.2 Å². The Morgan fingerprint density at radius 3 is 2.85 bits per heavy atom. The highest BCUT2D eigenvalue weighted by Crippen LogP contribution is 2.06. The van der Waals surface area contributed by atoms with Gasteiger partial charge in [-0.2, -0.15) is 12.7 Å². The normalized spacial score (nSPS) is 26.2. The van der Waals surface area contributed by atoms with Gasteiger partial charge in [-0.1, -0.05) is 6.92 Å². The molecular formula is C7H17N3O2S. The third-order valence-corrected chi connectivity index (χ3v) is 3.89. The van der Waals surface area contributed by atoms with Crippen molar-refractivity contribution in [2.24, 2.45) is 0 Å². The first kappa shape index (κ1) is 10.9. The Labute approximate surface area is 79.7 Å². The van der Waals surface area contributed by atoms with Crippen molar-refractivity contribution in [3.8, 4) is 0 Å². The van der Waals surface area contributed by atoms with Crippen LogP contribution in [0.25, 0.3) is 0 Å². The summed E-state index contributed by atoms with van der Waals surface area (Å²) >= 11 is 0. The van der Waals surface area contributed by atoms with Gasteiger partial charge < -0.3 is 5.32 Å². The Morgan fingerprint density at radius 1 is 1.62 bits per heavy atom. The molecule has 1 atom stereocenters. The van der Waals surface area contributed by atoms with E-state index in [1.54, 1.807) is 6.92 Å². The molecule has 0 aromatic heterocycles. The molecule has 0 aliphatic carbocycles. The SMILES string of the molecule is CCNS(=O)(=O)N1CCNC[C@H]1C. The molecule has 0 bridgehead atoms. The van der Waals surface area contributed by atoms with Crippen LogP contribution in [0.1, 0.15) is 13.8 Å². The van der Waals surface area contributed by atoms with Gasteiger partial charge in [-0.25, -0.2) is 4.72 Å². The van der Waals surface area contributed by atoms with Crippen molar-refractivity contribution in [2.45, 2.75) is 19.9 Å². The summed E-state index contributed by atoms with van der Waals surface area (Å²) in [6.45, 7) is 6.14. The zero-order valence-corrected chi connectivity index (χ0v) is 8.89. The van der Waals surface area contributed by atoms with E-state index in [0.717, 1.165) is 13.1 Å². The van der Waals surface area contributed by atoms with Crippen molar-refractivity contribution in [1.29, 1.82) is 0 Å². The molecule has 13 heavy (non-hydrogen) atoms. The van der Waals surface area contributed by atoms with Crippen LogP contribution in [0.15, 0.2) is 0 Å². The van der Waals surface area contributed by atoms with Crippen LogP contribution in [0, 0.1) is 0 Å². The van der Waals surface area contributed by atoms with Crippen molar-refractivity contribution in [3.05, 3.63) is 0 Å².